The smallest absolute Gasteiger partial charge is 0.410 e. The number of likely N-dealkylation sites (tertiary alicyclic amines) is 1. The number of pyridine rings is 2. The molecule has 272 valence electrons. The number of aryl methyl sites for hydroxylation is 2. The van der Waals surface area contributed by atoms with Crippen LogP contribution in [0.3, 0.4) is 0 Å². The van der Waals surface area contributed by atoms with Crippen molar-refractivity contribution in [1.82, 2.24) is 39.7 Å². The van der Waals surface area contributed by atoms with Gasteiger partial charge in [0.2, 0.25) is 0 Å². The van der Waals surface area contributed by atoms with Crippen molar-refractivity contribution in [3.8, 4) is 0 Å². The van der Waals surface area contributed by atoms with Crippen LogP contribution in [-0.4, -0.2) is 72.3 Å². The van der Waals surface area contributed by atoms with Crippen molar-refractivity contribution in [3.63, 3.8) is 0 Å². The van der Waals surface area contributed by atoms with Crippen LogP contribution in [-0.2, 0) is 18.8 Å². The van der Waals surface area contributed by atoms with Crippen LogP contribution in [0, 0.1) is 0 Å². The van der Waals surface area contributed by atoms with Gasteiger partial charge in [0, 0.05) is 51.7 Å². The van der Waals surface area contributed by atoms with E-state index >= 15 is 0 Å². The fraction of sp³-hybridized carbons (Fsp3) is 0.457. The maximum Gasteiger partial charge on any atom is 0.410 e. The van der Waals surface area contributed by atoms with Crippen molar-refractivity contribution in [3.05, 3.63) is 90.9 Å². The van der Waals surface area contributed by atoms with Gasteiger partial charge in [-0.1, -0.05) is 35.3 Å². The van der Waals surface area contributed by atoms with E-state index in [0.717, 1.165) is 44.3 Å². The Kier molecular flexibility index (Phi) is 12.3. The number of carbonyl (C=O) groups is 1. The second-order valence-corrected chi connectivity index (χ2v) is 14.4. The Bertz CT molecular complexity index is 1910. The monoisotopic (exact) mass is 738 g/mol. The Balaban J connectivity index is 0.000000205. The van der Waals surface area contributed by atoms with Crippen molar-refractivity contribution in [2.45, 2.75) is 63.9 Å². The van der Waals surface area contributed by atoms with E-state index in [4.69, 9.17) is 27.9 Å². The third-order valence-corrected chi connectivity index (χ3v) is 8.96. The molecule has 0 radical (unpaired) electrons. The summed E-state index contributed by atoms with van der Waals surface area (Å²) in [4.78, 5) is 46.9. The van der Waals surface area contributed by atoms with Crippen LogP contribution in [0.15, 0.2) is 58.4 Å². The number of ether oxygens (including phenoxy) is 1. The lowest BCUT2D eigenvalue weighted by Gasteiger charge is -2.33. The van der Waals surface area contributed by atoms with Gasteiger partial charge in [-0.15, -0.1) is 0 Å². The molecule has 2 saturated heterocycles. The van der Waals surface area contributed by atoms with Crippen LogP contribution in [0.1, 0.15) is 69.4 Å². The summed E-state index contributed by atoms with van der Waals surface area (Å²) in [6.45, 7) is 9.03. The van der Waals surface area contributed by atoms with Gasteiger partial charge < -0.3 is 25.6 Å². The van der Waals surface area contributed by atoms with Gasteiger partial charge in [-0.05, 0) is 94.6 Å². The molecular formula is C35H44Cl2N10O4. The molecule has 2 aliphatic rings. The molecular weight excluding hydrogens is 695 g/mol. The molecule has 2 fully saturated rings. The Morgan fingerprint density at radius 1 is 0.784 bits per heavy atom. The average Bonchev–Trinajstić information content (AvgIpc) is 3.10. The second-order valence-electron chi connectivity index (χ2n) is 13.6. The highest BCUT2D eigenvalue weighted by Gasteiger charge is 2.27. The standard InChI is InChI=1S/C20H26ClN5O3.C15H18ClN5O/c1-20(2,3)29-19(28)26-9-7-13(8-10-26)14-5-6-17(22-12-14)23-15-11-16(21)24-25(4)18(15)27;1-21-15(22)12(8-13(16)20-21)19-14-3-2-11(9-18-14)10-4-6-17-7-5-10/h5-6,11-13H,7-10H2,1-4H3,(H,22,23);2-3,8-10,17H,4-7H2,1H3,(H,18,19). The summed E-state index contributed by atoms with van der Waals surface area (Å²) in [6.07, 6.45) is 7.41. The van der Waals surface area contributed by atoms with Crippen LogP contribution in [0.25, 0.3) is 0 Å². The first-order chi connectivity index (χ1) is 24.3. The molecule has 14 nitrogen and oxygen atoms in total. The summed E-state index contributed by atoms with van der Waals surface area (Å²) in [5, 5.41) is 17.5. The molecule has 6 rings (SSSR count). The number of nitrogens with zero attached hydrogens (tertiary/aromatic N) is 7. The first-order valence-corrected chi connectivity index (χ1v) is 17.6. The van der Waals surface area contributed by atoms with Gasteiger partial charge in [0.25, 0.3) is 11.1 Å². The summed E-state index contributed by atoms with van der Waals surface area (Å²) in [6, 6.07) is 10.8. The zero-order chi connectivity index (χ0) is 36.7. The van der Waals surface area contributed by atoms with E-state index in [0.29, 0.717) is 47.9 Å². The third-order valence-electron chi connectivity index (χ3n) is 8.59. The van der Waals surface area contributed by atoms with Crippen LogP contribution in [0.2, 0.25) is 10.3 Å². The van der Waals surface area contributed by atoms with Crippen LogP contribution in [0.5, 0.6) is 0 Å². The molecule has 4 aromatic rings. The van der Waals surface area contributed by atoms with E-state index in [1.54, 1.807) is 19.0 Å². The molecule has 0 spiro atoms. The molecule has 4 aromatic heterocycles. The number of piperidine rings is 2. The zero-order valence-electron chi connectivity index (χ0n) is 29.4. The van der Waals surface area contributed by atoms with Gasteiger partial charge in [-0.25, -0.2) is 24.1 Å². The highest BCUT2D eigenvalue weighted by Crippen LogP contribution is 2.29. The maximum absolute atomic E-state index is 12.2. The number of anilines is 4. The number of hydrogen-bond donors (Lipinski definition) is 3. The Labute approximate surface area is 306 Å². The topological polar surface area (TPSA) is 161 Å². The molecule has 16 heteroatoms. The SMILES string of the molecule is Cn1nc(Cl)cc(Nc2ccc(C3CCN(C(=O)OC(C)(C)C)CC3)cn2)c1=O.Cn1nc(Cl)cc(Nc2ccc(C3CCNCC3)cn2)c1=O. The average molecular weight is 740 g/mol. The zero-order valence-corrected chi connectivity index (χ0v) is 31.0. The van der Waals surface area contributed by atoms with Gasteiger partial charge in [-0.3, -0.25) is 9.59 Å². The number of aromatic nitrogens is 6. The van der Waals surface area contributed by atoms with Crippen LogP contribution in [0.4, 0.5) is 27.8 Å². The minimum Gasteiger partial charge on any atom is -0.444 e. The minimum absolute atomic E-state index is 0.225. The first kappa shape index (κ1) is 37.7. The van der Waals surface area contributed by atoms with Crippen molar-refractivity contribution in [2.75, 3.05) is 36.8 Å². The fourth-order valence-electron chi connectivity index (χ4n) is 5.92. The highest BCUT2D eigenvalue weighted by atomic mass is 35.5. The summed E-state index contributed by atoms with van der Waals surface area (Å²) in [5.74, 6) is 2.07. The number of hydrogen-bond acceptors (Lipinski definition) is 11. The molecule has 6 heterocycles. The molecule has 0 aromatic carbocycles. The van der Waals surface area contributed by atoms with Gasteiger partial charge in [0.05, 0.1) is 0 Å². The van der Waals surface area contributed by atoms with E-state index in [-0.39, 0.29) is 27.5 Å². The van der Waals surface area contributed by atoms with Crippen LogP contribution >= 0.6 is 23.2 Å². The summed E-state index contributed by atoms with van der Waals surface area (Å²) >= 11 is 11.8. The molecule has 3 N–H and O–H groups in total. The molecule has 0 saturated carbocycles. The lowest BCUT2D eigenvalue weighted by molar-refractivity contribution is 0.0205. The van der Waals surface area contributed by atoms with Gasteiger partial charge in [0.1, 0.15) is 28.6 Å². The van der Waals surface area contributed by atoms with E-state index in [2.05, 4.69) is 42.2 Å². The largest absolute Gasteiger partial charge is 0.444 e. The highest BCUT2D eigenvalue weighted by molar-refractivity contribution is 6.29. The van der Waals surface area contributed by atoms with E-state index in [1.807, 2.05) is 51.4 Å². The molecule has 1 amide bonds. The van der Waals surface area contributed by atoms with E-state index < -0.39 is 5.60 Å². The number of carbonyl (C=O) groups excluding carboxylic acids is 1. The summed E-state index contributed by atoms with van der Waals surface area (Å²) in [5.41, 5.74) is 2.03. The summed E-state index contributed by atoms with van der Waals surface area (Å²) < 4.78 is 7.82. The number of rotatable bonds is 6. The molecule has 0 unspecified atom stereocenters. The number of nitrogens with one attached hydrogen (secondary N) is 3. The lowest BCUT2D eigenvalue weighted by atomic mass is 9.90. The lowest BCUT2D eigenvalue weighted by Crippen LogP contribution is -2.41. The number of amides is 1. The van der Waals surface area contributed by atoms with Crippen molar-refractivity contribution in [1.29, 1.82) is 0 Å². The Morgan fingerprint density at radius 3 is 1.65 bits per heavy atom. The molecule has 0 atom stereocenters. The molecule has 0 aliphatic carbocycles. The normalized spacial score (nSPS) is 15.5. The number of halogens is 2. The van der Waals surface area contributed by atoms with Crippen LogP contribution < -0.4 is 27.1 Å². The second kappa shape index (κ2) is 16.7. The predicted octanol–water partition coefficient (Wildman–Crippen LogP) is 5.73. The fourth-order valence-corrected chi connectivity index (χ4v) is 6.36. The molecule has 2 aliphatic heterocycles. The maximum atomic E-state index is 12.2. The minimum atomic E-state index is -0.485. The van der Waals surface area contributed by atoms with Crippen molar-refractivity contribution >= 4 is 52.3 Å². The van der Waals surface area contributed by atoms with Gasteiger partial charge in [0.15, 0.2) is 10.3 Å². The first-order valence-electron chi connectivity index (χ1n) is 16.9. The molecule has 51 heavy (non-hydrogen) atoms. The third kappa shape index (κ3) is 10.5. The van der Waals surface area contributed by atoms with Gasteiger partial charge in [-0.2, -0.15) is 10.2 Å². The quantitative estimate of drug-likeness (QED) is 0.222. The van der Waals surface area contributed by atoms with E-state index in [1.165, 1.54) is 27.1 Å². The predicted molar refractivity (Wildman–Crippen MR) is 199 cm³/mol. The van der Waals surface area contributed by atoms with Crippen molar-refractivity contribution < 1.29 is 9.53 Å². The summed E-state index contributed by atoms with van der Waals surface area (Å²) in [7, 11) is 3.10. The Hall–Kier alpha value is -4.53. The van der Waals surface area contributed by atoms with E-state index in [9.17, 15) is 14.4 Å². The molecule has 0 bridgehead atoms. The van der Waals surface area contributed by atoms with Gasteiger partial charge >= 0.3 is 6.09 Å². The Morgan fingerprint density at radius 2 is 1.24 bits per heavy atom. The van der Waals surface area contributed by atoms with Crippen molar-refractivity contribution in [2.24, 2.45) is 14.1 Å².